The fraction of sp³-hybridized carbons (Fsp3) is 0.231. The average Bonchev–Trinajstić information content (AvgIpc) is 2.71. The second kappa shape index (κ2) is 5.29. The van der Waals surface area contributed by atoms with Crippen molar-refractivity contribution in [2.75, 3.05) is 0 Å². The summed E-state index contributed by atoms with van der Waals surface area (Å²) in [7, 11) is 0. The van der Waals surface area contributed by atoms with Gasteiger partial charge in [-0.3, -0.25) is 0 Å². The Labute approximate surface area is 104 Å². The number of nitrogens with one attached hydrogen (secondary N) is 1. The Morgan fingerprint density at radius 3 is 2.71 bits per heavy atom. The molecule has 0 radical (unpaired) electrons. The smallest absolute Gasteiger partial charge is 0.165 e. The molecule has 2 nitrogen and oxygen atoms in total. The standard InChI is InChI=1S/C13H14FNOS/c1-9-7-17-8-11(9)6-15-5-10-3-2-4-12(14)13(10)16/h2-4,7-8,15-16H,5-6H2,1H3. The van der Waals surface area contributed by atoms with E-state index >= 15 is 0 Å². The van der Waals surface area contributed by atoms with Crippen LogP contribution in [-0.2, 0) is 13.1 Å². The van der Waals surface area contributed by atoms with E-state index in [1.165, 1.54) is 17.2 Å². The first-order valence-corrected chi connectivity index (χ1v) is 6.31. The van der Waals surface area contributed by atoms with Gasteiger partial charge in [-0.2, -0.15) is 11.3 Å². The first-order valence-electron chi connectivity index (χ1n) is 5.37. The molecule has 17 heavy (non-hydrogen) atoms. The van der Waals surface area contributed by atoms with Crippen molar-refractivity contribution >= 4 is 11.3 Å². The number of aromatic hydroxyl groups is 1. The third-order valence-electron chi connectivity index (χ3n) is 2.66. The summed E-state index contributed by atoms with van der Waals surface area (Å²) in [4.78, 5) is 0. The monoisotopic (exact) mass is 251 g/mol. The maximum atomic E-state index is 13.1. The molecule has 0 atom stereocenters. The van der Waals surface area contributed by atoms with E-state index in [1.54, 1.807) is 23.5 Å². The van der Waals surface area contributed by atoms with E-state index in [4.69, 9.17) is 0 Å². The molecule has 1 aromatic carbocycles. The minimum Gasteiger partial charge on any atom is -0.505 e. The number of benzene rings is 1. The number of hydrogen-bond donors (Lipinski definition) is 2. The molecule has 0 aliphatic heterocycles. The van der Waals surface area contributed by atoms with E-state index in [9.17, 15) is 9.50 Å². The quantitative estimate of drug-likeness (QED) is 0.874. The number of aryl methyl sites for hydroxylation is 1. The summed E-state index contributed by atoms with van der Waals surface area (Å²) in [5.74, 6) is -0.835. The first kappa shape index (κ1) is 12.1. The summed E-state index contributed by atoms with van der Waals surface area (Å²) in [5, 5.41) is 16.9. The topological polar surface area (TPSA) is 32.3 Å². The van der Waals surface area contributed by atoms with Crippen LogP contribution in [0.2, 0.25) is 0 Å². The van der Waals surface area contributed by atoms with Crippen LogP contribution in [0.1, 0.15) is 16.7 Å². The molecule has 2 N–H and O–H groups in total. The highest BCUT2D eigenvalue weighted by molar-refractivity contribution is 7.08. The predicted octanol–water partition coefficient (Wildman–Crippen LogP) is 3.19. The van der Waals surface area contributed by atoms with E-state index in [0.29, 0.717) is 12.1 Å². The maximum absolute atomic E-state index is 13.1. The number of rotatable bonds is 4. The van der Waals surface area contributed by atoms with Crippen molar-refractivity contribution in [3.05, 3.63) is 51.5 Å². The number of halogens is 1. The van der Waals surface area contributed by atoms with Gasteiger partial charge in [0.05, 0.1) is 0 Å². The van der Waals surface area contributed by atoms with Crippen molar-refractivity contribution in [2.45, 2.75) is 20.0 Å². The van der Waals surface area contributed by atoms with Gasteiger partial charge in [0.1, 0.15) is 0 Å². The van der Waals surface area contributed by atoms with Gasteiger partial charge >= 0.3 is 0 Å². The molecule has 2 rings (SSSR count). The van der Waals surface area contributed by atoms with Gasteiger partial charge < -0.3 is 10.4 Å². The molecule has 2 aromatic rings. The lowest BCUT2D eigenvalue weighted by atomic mass is 10.2. The number of thiophene rings is 1. The normalized spacial score (nSPS) is 10.7. The van der Waals surface area contributed by atoms with E-state index < -0.39 is 5.82 Å². The first-order chi connectivity index (χ1) is 8.18. The molecule has 0 fully saturated rings. The van der Waals surface area contributed by atoms with Crippen LogP contribution in [0.25, 0.3) is 0 Å². The van der Waals surface area contributed by atoms with Crippen molar-refractivity contribution in [3.8, 4) is 5.75 Å². The summed E-state index contributed by atoms with van der Waals surface area (Å²) in [5.41, 5.74) is 3.08. The Hall–Kier alpha value is -1.39. The highest BCUT2D eigenvalue weighted by Crippen LogP contribution is 2.20. The fourth-order valence-corrected chi connectivity index (χ4v) is 2.46. The Morgan fingerprint density at radius 1 is 1.24 bits per heavy atom. The molecule has 0 unspecified atom stereocenters. The summed E-state index contributed by atoms with van der Waals surface area (Å²) < 4.78 is 13.1. The van der Waals surface area contributed by atoms with Crippen LogP contribution in [0, 0.1) is 12.7 Å². The minimum absolute atomic E-state index is 0.262. The van der Waals surface area contributed by atoms with Crippen LogP contribution in [0.15, 0.2) is 29.0 Å². The molecule has 1 aromatic heterocycles. The van der Waals surface area contributed by atoms with Crippen molar-refractivity contribution in [1.82, 2.24) is 5.32 Å². The van der Waals surface area contributed by atoms with E-state index in [-0.39, 0.29) is 5.75 Å². The largest absolute Gasteiger partial charge is 0.505 e. The van der Waals surface area contributed by atoms with Gasteiger partial charge in [-0.1, -0.05) is 12.1 Å². The zero-order valence-electron chi connectivity index (χ0n) is 9.53. The Kier molecular flexibility index (Phi) is 3.76. The third-order valence-corrected chi connectivity index (χ3v) is 3.57. The highest BCUT2D eigenvalue weighted by Gasteiger charge is 2.06. The van der Waals surface area contributed by atoms with Crippen LogP contribution >= 0.6 is 11.3 Å². The summed E-state index contributed by atoms with van der Waals surface area (Å²) in [6, 6.07) is 4.57. The van der Waals surface area contributed by atoms with E-state index in [2.05, 4.69) is 23.0 Å². The van der Waals surface area contributed by atoms with Crippen LogP contribution < -0.4 is 5.32 Å². The zero-order valence-corrected chi connectivity index (χ0v) is 10.4. The van der Waals surface area contributed by atoms with Crippen LogP contribution in [0.4, 0.5) is 4.39 Å². The highest BCUT2D eigenvalue weighted by atomic mass is 32.1. The number of para-hydroxylation sites is 1. The molecule has 0 aliphatic carbocycles. The van der Waals surface area contributed by atoms with Gasteiger partial charge in [-0.25, -0.2) is 4.39 Å². The van der Waals surface area contributed by atoms with Crippen molar-refractivity contribution in [2.24, 2.45) is 0 Å². The van der Waals surface area contributed by atoms with Crippen LogP contribution in [0.5, 0.6) is 5.75 Å². The molecule has 4 heteroatoms. The molecule has 0 spiro atoms. The molecule has 1 heterocycles. The average molecular weight is 251 g/mol. The zero-order chi connectivity index (χ0) is 12.3. The van der Waals surface area contributed by atoms with Gasteiger partial charge in [-0.05, 0) is 34.9 Å². The lowest BCUT2D eigenvalue weighted by molar-refractivity contribution is 0.423. The molecule has 0 bridgehead atoms. The van der Waals surface area contributed by atoms with Crippen molar-refractivity contribution in [3.63, 3.8) is 0 Å². The summed E-state index contributed by atoms with van der Waals surface area (Å²) in [6.07, 6.45) is 0. The molecule has 0 saturated carbocycles. The molecule has 0 saturated heterocycles. The van der Waals surface area contributed by atoms with Crippen molar-refractivity contribution < 1.29 is 9.50 Å². The number of phenolic OH excluding ortho intramolecular Hbond substituents is 1. The maximum Gasteiger partial charge on any atom is 0.165 e. The number of hydrogen-bond acceptors (Lipinski definition) is 3. The van der Waals surface area contributed by atoms with Gasteiger partial charge in [-0.15, -0.1) is 0 Å². The van der Waals surface area contributed by atoms with Gasteiger partial charge in [0.2, 0.25) is 0 Å². The third kappa shape index (κ3) is 2.84. The lowest BCUT2D eigenvalue weighted by Gasteiger charge is -2.07. The lowest BCUT2D eigenvalue weighted by Crippen LogP contribution is -2.13. The van der Waals surface area contributed by atoms with Crippen LogP contribution in [0.3, 0.4) is 0 Å². The van der Waals surface area contributed by atoms with Gasteiger partial charge in [0, 0.05) is 18.7 Å². The molecule has 90 valence electrons. The molecule has 0 amide bonds. The minimum atomic E-state index is -0.573. The van der Waals surface area contributed by atoms with E-state index in [0.717, 1.165) is 6.54 Å². The molecular weight excluding hydrogens is 237 g/mol. The predicted molar refractivity (Wildman–Crippen MR) is 67.7 cm³/mol. The molecule has 0 aliphatic rings. The van der Waals surface area contributed by atoms with Gasteiger partial charge in [0.25, 0.3) is 0 Å². The SMILES string of the molecule is Cc1cscc1CNCc1cccc(F)c1O. The molecular formula is C13H14FNOS. The second-order valence-corrected chi connectivity index (χ2v) is 4.67. The summed E-state index contributed by atoms with van der Waals surface area (Å²) in [6.45, 7) is 3.25. The van der Waals surface area contributed by atoms with Crippen LogP contribution in [-0.4, -0.2) is 5.11 Å². The van der Waals surface area contributed by atoms with Gasteiger partial charge in [0.15, 0.2) is 11.6 Å². The fourth-order valence-electron chi connectivity index (χ4n) is 1.60. The Balaban J connectivity index is 1.95. The van der Waals surface area contributed by atoms with E-state index in [1.807, 2.05) is 0 Å². The Morgan fingerprint density at radius 2 is 2.00 bits per heavy atom. The Bertz CT molecular complexity index is 510. The second-order valence-electron chi connectivity index (χ2n) is 3.93. The summed E-state index contributed by atoms with van der Waals surface area (Å²) >= 11 is 1.67. The number of phenols is 1. The van der Waals surface area contributed by atoms with Crippen molar-refractivity contribution in [1.29, 1.82) is 0 Å².